The van der Waals surface area contributed by atoms with Gasteiger partial charge in [0.15, 0.2) is 0 Å². The molecule has 0 radical (unpaired) electrons. The number of fused-ring (bicyclic) bond motifs is 1. The highest BCUT2D eigenvalue weighted by Crippen LogP contribution is 2.65. The average molecular weight is 274 g/mol. The first kappa shape index (κ1) is 12.7. The maximum atomic E-state index is 12.2. The predicted molar refractivity (Wildman–Crippen MR) is 69.3 cm³/mol. The minimum Gasteiger partial charge on any atom is -0.468 e. The van der Waals surface area contributed by atoms with E-state index in [0.717, 1.165) is 4.90 Å². The van der Waals surface area contributed by atoms with E-state index in [2.05, 4.69) is 0 Å². The first-order valence-corrected chi connectivity index (χ1v) is 6.22. The number of imide groups is 1. The third-order valence-electron chi connectivity index (χ3n) is 4.29. The minimum absolute atomic E-state index is 0.340. The van der Waals surface area contributed by atoms with Gasteiger partial charge in [-0.1, -0.05) is 12.1 Å². The summed E-state index contributed by atoms with van der Waals surface area (Å²) in [6.07, 6.45) is 0. The molecule has 2 unspecified atom stereocenters. The quantitative estimate of drug-likeness (QED) is 0.463. The van der Waals surface area contributed by atoms with Crippen LogP contribution < -0.4 is 5.73 Å². The average Bonchev–Trinajstić information content (AvgIpc) is 3.09. The molecule has 1 aliphatic heterocycles. The number of nitrogen functional groups attached to an aromatic ring is 1. The number of anilines is 1. The molecule has 1 aromatic rings. The number of hydrogen-bond donors (Lipinski definition) is 1. The second kappa shape index (κ2) is 3.82. The maximum Gasteiger partial charge on any atom is 0.317 e. The number of nitrogens with two attached hydrogens (primary N) is 1. The van der Waals surface area contributed by atoms with Crippen molar-refractivity contribution >= 4 is 23.5 Å². The molecular weight excluding hydrogens is 260 g/mol. The minimum atomic E-state index is -1.20. The lowest BCUT2D eigenvalue weighted by molar-refractivity contribution is -0.151. The van der Waals surface area contributed by atoms with Crippen molar-refractivity contribution in [2.24, 2.45) is 11.8 Å². The van der Waals surface area contributed by atoms with Gasteiger partial charge in [-0.05, 0) is 17.7 Å². The van der Waals surface area contributed by atoms with Crippen LogP contribution in [0.4, 0.5) is 5.69 Å². The number of nitrogens with zero attached hydrogens (tertiary/aromatic N) is 1. The Morgan fingerprint density at radius 2 is 1.90 bits per heavy atom. The van der Waals surface area contributed by atoms with Gasteiger partial charge in [0.1, 0.15) is 5.41 Å². The molecule has 6 heteroatoms. The summed E-state index contributed by atoms with van der Waals surface area (Å²) in [4.78, 5) is 37.5. The van der Waals surface area contributed by atoms with Crippen molar-refractivity contribution in [2.75, 3.05) is 19.9 Å². The van der Waals surface area contributed by atoms with Crippen molar-refractivity contribution in [1.82, 2.24) is 4.90 Å². The number of carbonyl (C=O) groups excluding carboxylic acids is 3. The Morgan fingerprint density at radius 1 is 1.30 bits per heavy atom. The number of rotatable bonds is 2. The first-order valence-electron chi connectivity index (χ1n) is 6.22. The molecule has 6 nitrogen and oxygen atoms in total. The normalized spacial score (nSPS) is 31.2. The van der Waals surface area contributed by atoms with E-state index in [4.69, 9.17) is 10.5 Å². The number of esters is 1. The number of ether oxygens (including phenoxy) is 1. The van der Waals surface area contributed by atoms with Gasteiger partial charge in [0, 0.05) is 12.7 Å². The van der Waals surface area contributed by atoms with E-state index in [1.54, 1.807) is 24.3 Å². The summed E-state index contributed by atoms with van der Waals surface area (Å²) in [6, 6.07) is 6.70. The molecular formula is C14H14N2O4. The molecule has 0 spiro atoms. The number of amides is 2. The van der Waals surface area contributed by atoms with Crippen LogP contribution in [0.15, 0.2) is 24.3 Å². The largest absolute Gasteiger partial charge is 0.468 e. The molecule has 2 amide bonds. The van der Waals surface area contributed by atoms with Crippen molar-refractivity contribution in [1.29, 1.82) is 0 Å². The third kappa shape index (κ3) is 1.25. The molecule has 1 saturated heterocycles. The fourth-order valence-corrected chi connectivity index (χ4v) is 3.28. The Hall–Kier alpha value is -2.37. The fourth-order valence-electron chi connectivity index (χ4n) is 3.28. The molecule has 2 fully saturated rings. The molecule has 20 heavy (non-hydrogen) atoms. The van der Waals surface area contributed by atoms with Crippen molar-refractivity contribution in [3.8, 4) is 0 Å². The maximum absolute atomic E-state index is 12.2. The number of piperidine rings is 1. The molecule has 104 valence electrons. The Kier molecular flexibility index (Phi) is 2.41. The molecule has 3 rings (SSSR count). The van der Waals surface area contributed by atoms with Crippen LogP contribution in [-0.2, 0) is 24.5 Å². The van der Waals surface area contributed by atoms with Crippen molar-refractivity contribution in [3.05, 3.63) is 29.8 Å². The van der Waals surface area contributed by atoms with Crippen LogP contribution in [-0.4, -0.2) is 36.8 Å². The van der Waals surface area contributed by atoms with Crippen LogP contribution in [0.25, 0.3) is 0 Å². The molecule has 1 aliphatic carbocycles. The SMILES string of the molecule is COC(=O)C1(c2cccc(N)c2)C2C(=O)N(C)C(=O)C21. The Balaban J connectivity index is 2.14. The Bertz CT molecular complexity index is 618. The Morgan fingerprint density at radius 3 is 2.40 bits per heavy atom. The van der Waals surface area contributed by atoms with Gasteiger partial charge in [-0.3, -0.25) is 19.3 Å². The zero-order valence-electron chi connectivity index (χ0n) is 11.1. The van der Waals surface area contributed by atoms with Crippen molar-refractivity contribution < 1.29 is 19.1 Å². The summed E-state index contributed by atoms with van der Waals surface area (Å²) in [7, 11) is 2.68. The fraction of sp³-hybridized carbons (Fsp3) is 0.357. The van der Waals surface area contributed by atoms with Gasteiger partial charge < -0.3 is 10.5 Å². The number of methoxy groups -OCH3 is 1. The van der Waals surface area contributed by atoms with Gasteiger partial charge in [-0.15, -0.1) is 0 Å². The topological polar surface area (TPSA) is 89.7 Å². The molecule has 2 N–H and O–H groups in total. The number of likely N-dealkylation sites (tertiary alicyclic amines) is 1. The van der Waals surface area contributed by atoms with E-state index >= 15 is 0 Å². The summed E-state index contributed by atoms with van der Waals surface area (Å²) in [5.74, 6) is -2.59. The summed E-state index contributed by atoms with van der Waals surface area (Å²) < 4.78 is 4.84. The third-order valence-corrected chi connectivity index (χ3v) is 4.29. The summed E-state index contributed by atoms with van der Waals surface area (Å²) in [5, 5.41) is 0. The van der Waals surface area contributed by atoms with Gasteiger partial charge in [0.25, 0.3) is 0 Å². The smallest absolute Gasteiger partial charge is 0.317 e. The van der Waals surface area contributed by atoms with Gasteiger partial charge in [0.05, 0.1) is 18.9 Å². The van der Waals surface area contributed by atoms with E-state index in [-0.39, 0.29) is 11.8 Å². The van der Waals surface area contributed by atoms with E-state index in [1.165, 1.54) is 14.2 Å². The molecule has 2 atom stereocenters. The summed E-state index contributed by atoms with van der Waals surface area (Å²) in [5.41, 5.74) is 5.58. The van der Waals surface area contributed by atoms with Crippen LogP contribution in [0.3, 0.4) is 0 Å². The van der Waals surface area contributed by atoms with Gasteiger partial charge in [0.2, 0.25) is 11.8 Å². The van der Waals surface area contributed by atoms with E-state index in [1.807, 2.05) is 0 Å². The highest BCUT2D eigenvalue weighted by molar-refractivity contribution is 6.17. The zero-order chi connectivity index (χ0) is 14.7. The van der Waals surface area contributed by atoms with Crippen LogP contribution in [0.5, 0.6) is 0 Å². The molecule has 1 aromatic carbocycles. The van der Waals surface area contributed by atoms with Gasteiger partial charge in [-0.2, -0.15) is 0 Å². The van der Waals surface area contributed by atoms with Crippen LogP contribution in [0.1, 0.15) is 5.56 Å². The lowest BCUT2D eigenvalue weighted by Crippen LogP contribution is -2.40. The number of benzene rings is 1. The highest BCUT2D eigenvalue weighted by atomic mass is 16.5. The monoisotopic (exact) mass is 274 g/mol. The number of hydrogen-bond acceptors (Lipinski definition) is 5. The molecule has 0 aromatic heterocycles. The second-order valence-corrected chi connectivity index (χ2v) is 5.18. The zero-order valence-corrected chi connectivity index (χ0v) is 11.1. The molecule has 1 saturated carbocycles. The van der Waals surface area contributed by atoms with E-state index in [0.29, 0.717) is 11.3 Å². The van der Waals surface area contributed by atoms with Crippen molar-refractivity contribution in [2.45, 2.75) is 5.41 Å². The van der Waals surface area contributed by atoms with Gasteiger partial charge >= 0.3 is 5.97 Å². The first-order chi connectivity index (χ1) is 9.46. The van der Waals surface area contributed by atoms with Gasteiger partial charge in [-0.25, -0.2) is 0 Å². The summed E-state index contributed by atoms with van der Waals surface area (Å²) in [6.45, 7) is 0. The van der Waals surface area contributed by atoms with E-state index in [9.17, 15) is 14.4 Å². The van der Waals surface area contributed by atoms with Crippen LogP contribution in [0.2, 0.25) is 0 Å². The molecule has 1 heterocycles. The molecule has 0 bridgehead atoms. The van der Waals surface area contributed by atoms with Crippen LogP contribution in [0, 0.1) is 11.8 Å². The second-order valence-electron chi connectivity index (χ2n) is 5.18. The van der Waals surface area contributed by atoms with Crippen LogP contribution >= 0.6 is 0 Å². The van der Waals surface area contributed by atoms with E-state index < -0.39 is 23.2 Å². The standard InChI is InChI=1S/C14H14N2O4/c1-16-11(17)9-10(12(16)18)14(9,13(19)20-2)7-4-3-5-8(15)6-7/h3-6,9-10H,15H2,1-2H3. The Labute approximate surface area is 115 Å². The predicted octanol–water partition coefficient (Wildman–Crippen LogP) is -0.0758. The summed E-state index contributed by atoms with van der Waals surface area (Å²) >= 11 is 0. The lowest BCUT2D eigenvalue weighted by Gasteiger charge is -2.21. The molecule has 2 aliphatic rings. The highest BCUT2D eigenvalue weighted by Gasteiger charge is 2.81. The van der Waals surface area contributed by atoms with Crippen molar-refractivity contribution in [3.63, 3.8) is 0 Å². The lowest BCUT2D eigenvalue weighted by atomic mass is 9.89. The number of carbonyl (C=O) groups is 3.